The molecule has 0 atom stereocenters. The zero-order valence-electron chi connectivity index (χ0n) is 17.2. The molecule has 1 fully saturated rings. The Morgan fingerprint density at radius 3 is 2.61 bits per heavy atom. The van der Waals surface area contributed by atoms with Gasteiger partial charge < -0.3 is 14.5 Å². The summed E-state index contributed by atoms with van der Waals surface area (Å²) in [5.74, 6) is 0.764. The molecular weight excluding hydrogens is 412 g/mol. The molecule has 0 aliphatic carbocycles. The molecule has 1 amide bonds. The lowest BCUT2D eigenvalue weighted by molar-refractivity contribution is -0.132. The first-order chi connectivity index (χ1) is 15.2. The first-order valence-electron chi connectivity index (χ1n) is 10.2. The number of fused-ring (bicyclic) bond motifs is 3. The highest BCUT2D eigenvalue weighted by atomic mass is 32.1. The highest BCUT2D eigenvalue weighted by molar-refractivity contribution is 7.25. The molecule has 2 aromatic carbocycles. The summed E-state index contributed by atoms with van der Waals surface area (Å²) in [5.41, 5.74) is 1.58. The number of para-hydroxylation sites is 2. The molecule has 8 heteroatoms. The van der Waals surface area contributed by atoms with Gasteiger partial charge in [-0.15, -0.1) is 11.3 Å². The third-order valence-corrected chi connectivity index (χ3v) is 6.86. The summed E-state index contributed by atoms with van der Waals surface area (Å²) < 4.78 is 8.50. The minimum absolute atomic E-state index is 0.00464. The number of amides is 1. The van der Waals surface area contributed by atoms with Crippen molar-refractivity contribution in [2.24, 2.45) is 0 Å². The van der Waals surface area contributed by atoms with E-state index in [-0.39, 0.29) is 18.0 Å². The van der Waals surface area contributed by atoms with Crippen LogP contribution in [0.25, 0.3) is 20.3 Å². The van der Waals surface area contributed by atoms with E-state index in [9.17, 15) is 9.59 Å². The molecule has 158 valence electrons. The van der Waals surface area contributed by atoms with Gasteiger partial charge in [-0.1, -0.05) is 30.3 Å². The van der Waals surface area contributed by atoms with Crippen molar-refractivity contribution < 1.29 is 9.53 Å². The SMILES string of the molecule is COc1ccccc1N1CCN(C(=O)Cn2cnc3c(sc4ccccc43)c2=O)CC1. The molecule has 0 spiro atoms. The number of hydrogen-bond acceptors (Lipinski definition) is 6. The number of carbonyl (C=O) groups excluding carboxylic acids is 1. The van der Waals surface area contributed by atoms with Gasteiger partial charge in [-0.05, 0) is 18.2 Å². The van der Waals surface area contributed by atoms with Gasteiger partial charge >= 0.3 is 0 Å². The number of carbonyl (C=O) groups is 1. The van der Waals surface area contributed by atoms with Crippen LogP contribution in [-0.4, -0.2) is 53.6 Å². The molecule has 3 heterocycles. The summed E-state index contributed by atoms with van der Waals surface area (Å²) in [6, 6.07) is 15.7. The molecule has 5 rings (SSSR count). The Balaban J connectivity index is 1.31. The lowest BCUT2D eigenvalue weighted by atomic mass is 10.2. The van der Waals surface area contributed by atoms with Gasteiger partial charge in [-0.3, -0.25) is 14.2 Å². The second-order valence-corrected chi connectivity index (χ2v) is 8.55. The van der Waals surface area contributed by atoms with Crippen molar-refractivity contribution in [2.45, 2.75) is 6.54 Å². The van der Waals surface area contributed by atoms with Gasteiger partial charge in [-0.25, -0.2) is 4.98 Å². The van der Waals surface area contributed by atoms with Crippen molar-refractivity contribution in [3.8, 4) is 5.75 Å². The Morgan fingerprint density at radius 2 is 1.81 bits per heavy atom. The van der Waals surface area contributed by atoms with E-state index in [4.69, 9.17) is 4.74 Å². The van der Waals surface area contributed by atoms with Gasteiger partial charge in [0.05, 0.1) is 24.6 Å². The summed E-state index contributed by atoms with van der Waals surface area (Å²) in [4.78, 5) is 34.4. The molecule has 0 N–H and O–H groups in total. The van der Waals surface area contributed by atoms with Crippen molar-refractivity contribution >= 4 is 43.2 Å². The average Bonchev–Trinajstić information content (AvgIpc) is 3.20. The second kappa shape index (κ2) is 8.03. The van der Waals surface area contributed by atoms with Crippen LogP contribution in [0.1, 0.15) is 0 Å². The molecule has 4 aromatic rings. The van der Waals surface area contributed by atoms with Gasteiger partial charge in [0.15, 0.2) is 0 Å². The van der Waals surface area contributed by atoms with Crippen LogP contribution in [0, 0.1) is 0 Å². The minimum atomic E-state index is -0.160. The van der Waals surface area contributed by atoms with Crippen molar-refractivity contribution in [1.82, 2.24) is 14.5 Å². The third-order valence-electron chi connectivity index (χ3n) is 5.71. The van der Waals surface area contributed by atoms with Crippen LogP contribution < -0.4 is 15.2 Å². The van der Waals surface area contributed by atoms with Crippen LogP contribution in [0.15, 0.2) is 59.7 Å². The van der Waals surface area contributed by atoms with Crippen molar-refractivity contribution in [2.75, 3.05) is 38.2 Å². The second-order valence-electron chi connectivity index (χ2n) is 7.49. The summed E-state index contributed by atoms with van der Waals surface area (Å²) in [6.45, 7) is 2.64. The number of piperazine rings is 1. The molecule has 0 saturated carbocycles. The number of anilines is 1. The maximum atomic E-state index is 13.0. The summed E-state index contributed by atoms with van der Waals surface area (Å²) in [6.07, 6.45) is 1.49. The maximum Gasteiger partial charge on any atom is 0.271 e. The van der Waals surface area contributed by atoms with Crippen LogP contribution in [-0.2, 0) is 11.3 Å². The Bertz CT molecular complexity index is 1320. The van der Waals surface area contributed by atoms with E-state index in [1.54, 1.807) is 7.11 Å². The molecule has 1 saturated heterocycles. The van der Waals surface area contributed by atoms with Crippen molar-refractivity contribution in [3.05, 3.63) is 65.2 Å². The monoisotopic (exact) mass is 434 g/mol. The smallest absolute Gasteiger partial charge is 0.271 e. The first-order valence-corrected chi connectivity index (χ1v) is 11.0. The molecule has 7 nitrogen and oxygen atoms in total. The number of thiophene rings is 1. The zero-order valence-corrected chi connectivity index (χ0v) is 18.0. The van der Waals surface area contributed by atoms with Crippen LogP contribution in [0.3, 0.4) is 0 Å². The summed E-state index contributed by atoms with van der Waals surface area (Å²) >= 11 is 1.43. The van der Waals surface area contributed by atoms with E-state index in [0.29, 0.717) is 36.4 Å². The number of ether oxygens (including phenoxy) is 1. The quantitative estimate of drug-likeness (QED) is 0.494. The van der Waals surface area contributed by atoms with Gasteiger partial charge in [0.2, 0.25) is 5.91 Å². The van der Waals surface area contributed by atoms with E-state index in [1.807, 2.05) is 53.4 Å². The molecule has 0 bridgehead atoms. The van der Waals surface area contributed by atoms with Gasteiger partial charge in [0.25, 0.3) is 5.56 Å². The van der Waals surface area contributed by atoms with Crippen molar-refractivity contribution in [3.63, 3.8) is 0 Å². The fourth-order valence-electron chi connectivity index (χ4n) is 4.06. The van der Waals surface area contributed by atoms with E-state index in [1.165, 1.54) is 22.2 Å². The Morgan fingerprint density at radius 1 is 1.06 bits per heavy atom. The molecule has 1 aliphatic heterocycles. The molecule has 0 unspecified atom stereocenters. The van der Waals surface area contributed by atoms with Crippen molar-refractivity contribution in [1.29, 1.82) is 0 Å². The highest BCUT2D eigenvalue weighted by Crippen LogP contribution is 2.30. The Hall–Kier alpha value is -3.39. The largest absolute Gasteiger partial charge is 0.495 e. The fraction of sp³-hybridized carbons (Fsp3) is 0.261. The van der Waals surface area contributed by atoms with E-state index >= 15 is 0 Å². The first kappa shape index (κ1) is 19.6. The van der Waals surface area contributed by atoms with Crippen LogP contribution in [0.2, 0.25) is 0 Å². The summed E-state index contributed by atoms with van der Waals surface area (Å²) in [7, 11) is 1.66. The number of nitrogens with zero attached hydrogens (tertiary/aromatic N) is 4. The predicted octanol–water partition coefficient (Wildman–Crippen LogP) is 2.97. The third kappa shape index (κ3) is 3.53. The molecule has 31 heavy (non-hydrogen) atoms. The lowest BCUT2D eigenvalue weighted by Gasteiger charge is -2.36. The average molecular weight is 435 g/mol. The zero-order chi connectivity index (χ0) is 21.4. The highest BCUT2D eigenvalue weighted by Gasteiger charge is 2.23. The Kier molecular flexibility index (Phi) is 5.07. The summed E-state index contributed by atoms with van der Waals surface area (Å²) in [5, 5.41) is 0.977. The predicted molar refractivity (Wildman–Crippen MR) is 123 cm³/mol. The van der Waals surface area contributed by atoms with Gasteiger partial charge in [0, 0.05) is 36.3 Å². The van der Waals surface area contributed by atoms with E-state index < -0.39 is 0 Å². The van der Waals surface area contributed by atoms with E-state index in [0.717, 1.165) is 21.5 Å². The standard InChI is InChI=1S/C23H22N4O3S/c1-30-18-8-4-3-7-17(18)25-10-12-26(13-11-25)20(28)14-27-15-24-21-16-6-2-5-9-19(16)31-22(21)23(27)29/h2-9,15H,10-14H2,1H3. The van der Waals surface area contributed by atoms with E-state index in [2.05, 4.69) is 9.88 Å². The number of methoxy groups -OCH3 is 1. The van der Waals surface area contributed by atoms with Crippen LogP contribution >= 0.6 is 11.3 Å². The van der Waals surface area contributed by atoms with Gasteiger partial charge in [0.1, 0.15) is 17.0 Å². The molecule has 0 radical (unpaired) electrons. The maximum absolute atomic E-state index is 13.0. The van der Waals surface area contributed by atoms with Crippen LogP contribution in [0.4, 0.5) is 5.69 Å². The van der Waals surface area contributed by atoms with Crippen LogP contribution in [0.5, 0.6) is 5.75 Å². The number of benzene rings is 2. The molecule has 2 aromatic heterocycles. The van der Waals surface area contributed by atoms with Gasteiger partial charge in [-0.2, -0.15) is 0 Å². The topological polar surface area (TPSA) is 67.7 Å². The number of hydrogen-bond donors (Lipinski definition) is 0. The number of aromatic nitrogens is 2. The Labute approximate surface area is 183 Å². The molecule has 1 aliphatic rings. The lowest BCUT2D eigenvalue weighted by Crippen LogP contribution is -2.50. The fourth-order valence-corrected chi connectivity index (χ4v) is 5.17. The minimum Gasteiger partial charge on any atom is -0.495 e. The molecular formula is C23H22N4O3S. The number of rotatable bonds is 4. The normalized spacial score (nSPS) is 14.4.